The van der Waals surface area contributed by atoms with E-state index in [2.05, 4.69) is 5.32 Å². The fourth-order valence-electron chi connectivity index (χ4n) is 2.67. The molecule has 2 amide bonds. The first-order valence-electron chi connectivity index (χ1n) is 8.68. The normalized spacial score (nSPS) is 11.8. The fraction of sp³-hybridized carbons (Fsp3) is 0.300. The summed E-state index contributed by atoms with van der Waals surface area (Å²) in [6, 6.07) is 9.30. The van der Waals surface area contributed by atoms with Gasteiger partial charge >= 0.3 is 0 Å². The predicted molar refractivity (Wildman–Crippen MR) is 115 cm³/mol. The maximum Gasteiger partial charge on any atom is 0.242 e. The summed E-state index contributed by atoms with van der Waals surface area (Å²) >= 11 is 24.3. The first kappa shape index (κ1) is 22.8. The van der Waals surface area contributed by atoms with Gasteiger partial charge in [-0.05, 0) is 49.2 Å². The number of amides is 2. The van der Waals surface area contributed by atoms with Crippen LogP contribution in [0.3, 0.4) is 0 Å². The summed E-state index contributed by atoms with van der Waals surface area (Å²) in [5.41, 5.74) is 1.32. The molecule has 8 heteroatoms. The molecule has 0 radical (unpaired) electrons. The molecule has 0 aliphatic carbocycles. The van der Waals surface area contributed by atoms with E-state index >= 15 is 0 Å². The van der Waals surface area contributed by atoms with Crippen molar-refractivity contribution in [2.75, 3.05) is 6.54 Å². The van der Waals surface area contributed by atoms with Crippen molar-refractivity contribution in [3.8, 4) is 0 Å². The van der Waals surface area contributed by atoms with E-state index < -0.39 is 6.04 Å². The standard InChI is InChI=1S/C20H20Cl4N2O2/c1-3-25-20(28)12(2)26(11-14-5-7-16(22)10-18(14)24)19(27)8-13-4-6-15(21)9-17(13)23/h4-7,9-10,12H,3,8,11H2,1-2H3,(H,25,28)/t12-/m0/s1. The molecule has 0 saturated carbocycles. The number of nitrogens with zero attached hydrogens (tertiary/aromatic N) is 1. The topological polar surface area (TPSA) is 49.4 Å². The van der Waals surface area contributed by atoms with E-state index in [0.29, 0.717) is 37.8 Å². The van der Waals surface area contributed by atoms with Gasteiger partial charge in [0.25, 0.3) is 0 Å². The van der Waals surface area contributed by atoms with Gasteiger partial charge in [-0.1, -0.05) is 58.5 Å². The zero-order chi connectivity index (χ0) is 20.8. The lowest BCUT2D eigenvalue weighted by Crippen LogP contribution is -2.48. The van der Waals surface area contributed by atoms with Gasteiger partial charge in [0.1, 0.15) is 6.04 Å². The van der Waals surface area contributed by atoms with Crippen LogP contribution in [0.2, 0.25) is 20.1 Å². The minimum Gasteiger partial charge on any atom is -0.355 e. The number of hydrogen-bond donors (Lipinski definition) is 1. The maximum atomic E-state index is 13.1. The molecule has 0 heterocycles. The first-order chi connectivity index (χ1) is 13.2. The molecular weight excluding hydrogens is 442 g/mol. The number of likely N-dealkylation sites (N-methyl/N-ethyl adjacent to an activating group) is 1. The van der Waals surface area contributed by atoms with Gasteiger partial charge in [0.2, 0.25) is 11.8 Å². The minimum atomic E-state index is -0.690. The molecule has 0 aromatic heterocycles. The van der Waals surface area contributed by atoms with Crippen LogP contribution >= 0.6 is 46.4 Å². The lowest BCUT2D eigenvalue weighted by atomic mass is 10.1. The van der Waals surface area contributed by atoms with Crippen LogP contribution < -0.4 is 5.32 Å². The molecule has 2 aromatic carbocycles. The summed E-state index contributed by atoms with van der Waals surface area (Å²) < 4.78 is 0. The molecule has 2 aromatic rings. The summed E-state index contributed by atoms with van der Waals surface area (Å²) in [5.74, 6) is -0.503. The number of carbonyl (C=O) groups excluding carboxylic acids is 2. The van der Waals surface area contributed by atoms with E-state index in [4.69, 9.17) is 46.4 Å². The lowest BCUT2D eigenvalue weighted by molar-refractivity contribution is -0.140. The third-order valence-electron chi connectivity index (χ3n) is 4.23. The Morgan fingerprint density at radius 3 is 2.00 bits per heavy atom. The van der Waals surface area contributed by atoms with Crippen LogP contribution in [0, 0.1) is 0 Å². The highest BCUT2D eigenvalue weighted by Gasteiger charge is 2.27. The van der Waals surface area contributed by atoms with E-state index in [0.717, 1.165) is 0 Å². The van der Waals surface area contributed by atoms with Crippen molar-refractivity contribution >= 4 is 58.2 Å². The second-order valence-corrected chi connectivity index (χ2v) is 7.93. The fourth-order valence-corrected chi connectivity index (χ4v) is 3.61. The molecule has 150 valence electrons. The Bertz CT molecular complexity index is 873. The second-order valence-electron chi connectivity index (χ2n) is 6.24. The van der Waals surface area contributed by atoms with E-state index in [9.17, 15) is 9.59 Å². The van der Waals surface area contributed by atoms with Crippen molar-refractivity contribution in [3.63, 3.8) is 0 Å². The third kappa shape index (κ3) is 6.02. The Hall–Kier alpha value is -1.46. The highest BCUT2D eigenvalue weighted by atomic mass is 35.5. The van der Waals surface area contributed by atoms with E-state index in [1.165, 1.54) is 4.90 Å². The smallest absolute Gasteiger partial charge is 0.242 e. The molecule has 0 bridgehead atoms. The Morgan fingerprint density at radius 2 is 1.50 bits per heavy atom. The molecule has 28 heavy (non-hydrogen) atoms. The van der Waals surface area contributed by atoms with Gasteiger partial charge in [0.15, 0.2) is 0 Å². The van der Waals surface area contributed by atoms with Crippen LogP contribution in [0.15, 0.2) is 36.4 Å². The molecule has 0 aliphatic heterocycles. The van der Waals surface area contributed by atoms with Gasteiger partial charge in [0, 0.05) is 33.2 Å². The highest BCUT2D eigenvalue weighted by molar-refractivity contribution is 6.35. The first-order valence-corrected chi connectivity index (χ1v) is 10.2. The van der Waals surface area contributed by atoms with Gasteiger partial charge in [-0.15, -0.1) is 0 Å². The Morgan fingerprint density at radius 1 is 0.964 bits per heavy atom. The molecule has 1 atom stereocenters. The average Bonchev–Trinajstić information content (AvgIpc) is 2.63. The molecule has 0 aliphatic rings. The van der Waals surface area contributed by atoms with Crippen LogP contribution in [0.1, 0.15) is 25.0 Å². The molecule has 0 saturated heterocycles. The van der Waals surface area contributed by atoms with Gasteiger partial charge < -0.3 is 10.2 Å². The van der Waals surface area contributed by atoms with Gasteiger partial charge in [-0.25, -0.2) is 0 Å². The maximum absolute atomic E-state index is 13.1. The number of halogens is 4. The molecule has 0 unspecified atom stereocenters. The average molecular weight is 462 g/mol. The van der Waals surface area contributed by atoms with Crippen LogP contribution in [-0.4, -0.2) is 29.3 Å². The summed E-state index contributed by atoms with van der Waals surface area (Å²) in [6.07, 6.45) is 0.0327. The summed E-state index contributed by atoms with van der Waals surface area (Å²) in [7, 11) is 0. The zero-order valence-corrected chi connectivity index (χ0v) is 18.5. The summed E-state index contributed by atoms with van der Waals surface area (Å²) in [6.45, 7) is 4.13. The van der Waals surface area contributed by atoms with Crippen LogP contribution in [0.4, 0.5) is 0 Å². The van der Waals surface area contributed by atoms with Gasteiger partial charge in [-0.3, -0.25) is 9.59 Å². The molecule has 2 rings (SSSR count). The van der Waals surface area contributed by atoms with Crippen LogP contribution in [-0.2, 0) is 22.6 Å². The number of benzene rings is 2. The predicted octanol–water partition coefficient (Wildman–Crippen LogP) is 5.40. The quantitative estimate of drug-likeness (QED) is 0.600. The Kier molecular flexibility index (Phi) is 8.44. The van der Waals surface area contributed by atoms with Crippen molar-refractivity contribution < 1.29 is 9.59 Å². The molecule has 0 spiro atoms. The van der Waals surface area contributed by atoms with Crippen molar-refractivity contribution in [2.45, 2.75) is 32.9 Å². The number of nitrogens with one attached hydrogen (secondary N) is 1. The van der Waals surface area contributed by atoms with Gasteiger partial charge in [0.05, 0.1) is 6.42 Å². The number of hydrogen-bond acceptors (Lipinski definition) is 2. The Labute approximate surface area is 184 Å². The van der Waals surface area contributed by atoms with Crippen molar-refractivity contribution in [1.82, 2.24) is 10.2 Å². The SMILES string of the molecule is CCNC(=O)[C@H](C)N(Cc1ccc(Cl)cc1Cl)C(=O)Cc1ccc(Cl)cc1Cl. The number of carbonyl (C=O) groups is 2. The number of rotatable bonds is 7. The Balaban J connectivity index is 2.30. The van der Waals surface area contributed by atoms with Crippen LogP contribution in [0.25, 0.3) is 0 Å². The molecule has 4 nitrogen and oxygen atoms in total. The van der Waals surface area contributed by atoms with Gasteiger partial charge in [-0.2, -0.15) is 0 Å². The molecule has 0 fully saturated rings. The summed E-state index contributed by atoms with van der Waals surface area (Å²) in [5, 5.41) is 4.55. The largest absolute Gasteiger partial charge is 0.355 e. The minimum absolute atomic E-state index is 0.0327. The van der Waals surface area contributed by atoms with E-state index in [1.807, 2.05) is 6.92 Å². The van der Waals surface area contributed by atoms with Crippen molar-refractivity contribution in [2.24, 2.45) is 0 Å². The van der Waals surface area contributed by atoms with Crippen LogP contribution in [0.5, 0.6) is 0 Å². The van der Waals surface area contributed by atoms with Crippen molar-refractivity contribution in [1.29, 1.82) is 0 Å². The van der Waals surface area contributed by atoms with Crippen molar-refractivity contribution in [3.05, 3.63) is 67.6 Å². The third-order valence-corrected chi connectivity index (χ3v) is 5.40. The lowest BCUT2D eigenvalue weighted by Gasteiger charge is -2.29. The summed E-state index contributed by atoms with van der Waals surface area (Å²) in [4.78, 5) is 26.9. The zero-order valence-electron chi connectivity index (χ0n) is 15.4. The molecular formula is C20H20Cl4N2O2. The van der Waals surface area contributed by atoms with E-state index in [1.54, 1.807) is 43.3 Å². The second kappa shape index (κ2) is 10.4. The van der Waals surface area contributed by atoms with E-state index in [-0.39, 0.29) is 24.8 Å². The highest BCUT2D eigenvalue weighted by Crippen LogP contribution is 2.25. The monoisotopic (exact) mass is 460 g/mol. The molecule has 1 N–H and O–H groups in total.